The molecule has 0 spiro atoms. The molecule has 500 valence electrons. The number of anilines is 5. The first-order chi connectivity index (χ1) is 47.5. The smallest absolute Gasteiger partial charge is 0.231 e. The van der Waals surface area contributed by atoms with Crippen LogP contribution in [0.25, 0.3) is 56.2 Å². The topological polar surface area (TPSA) is 238 Å². The number of nitrogens with zero attached hydrogens (tertiary/aromatic N) is 8. The van der Waals surface area contributed by atoms with Crippen LogP contribution in [0.5, 0.6) is 0 Å². The van der Waals surface area contributed by atoms with E-state index in [0.29, 0.717) is 72.5 Å². The van der Waals surface area contributed by atoms with Crippen LogP contribution in [0.1, 0.15) is 160 Å². The number of hydrogen-bond acceptors (Lipinski definition) is 12. The Balaban J connectivity index is 0.000000125. The van der Waals surface area contributed by atoms with Gasteiger partial charge in [0.05, 0.1) is 60.8 Å². The number of rotatable bonds is 10. The van der Waals surface area contributed by atoms with Gasteiger partial charge in [-0.1, -0.05) is 142 Å². The van der Waals surface area contributed by atoms with Crippen LogP contribution in [-0.2, 0) is 56.1 Å². The highest BCUT2D eigenvalue weighted by molar-refractivity contribution is 6.05. The van der Waals surface area contributed by atoms with E-state index in [1.54, 1.807) is 24.3 Å². The van der Waals surface area contributed by atoms with Crippen molar-refractivity contribution < 1.29 is 28.4 Å². The number of aromatic nitrogens is 6. The van der Waals surface area contributed by atoms with Gasteiger partial charge >= 0.3 is 0 Å². The number of carbonyl (C=O) groups excluding carboxylic acids is 5. The normalized spacial score (nSPS) is 13.5. The van der Waals surface area contributed by atoms with Crippen molar-refractivity contribution in [1.82, 2.24) is 29.9 Å². The van der Waals surface area contributed by atoms with Crippen molar-refractivity contribution in [1.29, 1.82) is 5.26 Å². The molecule has 10 heterocycles. The van der Waals surface area contributed by atoms with Crippen LogP contribution in [-0.4, -0.2) is 66.5 Å². The molecule has 18 heteroatoms. The first-order valence-electron chi connectivity index (χ1n) is 33.4. The molecule has 0 unspecified atom stereocenters. The Hall–Kier alpha value is -11.5. The number of nitriles is 1. The van der Waals surface area contributed by atoms with Crippen LogP contribution in [0.15, 0.2) is 165 Å². The van der Waals surface area contributed by atoms with Gasteiger partial charge in [0.15, 0.2) is 5.82 Å². The largest absolute Gasteiger partial charge is 0.326 e. The molecule has 5 aromatic carbocycles. The van der Waals surface area contributed by atoms with Gasteiger partial charge < -0.3 is 26.2 Å². The van der Waals surface area contributed by atoms with E-state index in [4.69, 9.17) is 0 Å². The van der Waals surface area contributed by atoms with E-state index in [1.807, 2.05) is 156 Å². The molecule has 0 fully saturated rings. The Morgan fingerprint density at radius 2 is 0.899 bits per heavy atom. The van der Waals surface area contributed by atoms with Crippen molar-refractivity contribution in [2.75, 3.05) is 33.2 Å². The van der Waals surface area contributed by atoms with Crippen LogP contribution >= 0.6 is 0 Å². The van der Waals surface area contributed by atoms with Gasteiger partial charge in [0.1, 0.15) is 5.82 Å². The van der Waals surface area contributed by atoms with Crippen LogP contribution in [0, 0.1) is 17.1 Å². The first kappa shape index (κ1) is 68.9. The zero-order chi connectivity index (χ0) is 70.3. The quantitative estimate of drug-likeness (QED) is 0.100. The lowest BCUT2D eigenvalue weighted by molar-refractivity contribution is -0.117. The third-order valence-electron chi connectivity index (χ3n) is 18.0. The van der Waals surface area contributed by atoms with Gasteiger partial charge in [-0.2, -0.15) is 5.26 Å². The second-order valence-corrected chi connectivity index (χ2v) is 26.6. The molecule has 5 aromatic heterocycles. The number of halogens is 1. The third-order valence-corrected chi connectivity index (χ3v) is 18.0. The summed E-state index contributed by atoms with van der Waals surface area (Å²) < 4.78 is 14.1. The fourth-order valence-electron chi connectivity index (χ4n) is 12.5. The van der Waals surface area contributed by atoms with Crippen LogP contribution < -0.4 is 26.2 Å². The monoisotopic (exact) mass is 1320 g/mol. The third kappa shape index (κ3) is 15.4. The molecule has 0 saturated heterocycles. The van der Waals surface area contributed by atoms with Gasteiger partial charge in [-0.15, -0.1) is 0 Å². The van der Waals surface area contributed by atoms with E-state index in [1.165, 1.54) is 11.6 Å². The highest BCUT2D eigenvalue weighted by Gasteiger charge is 2.29. The maximum Gasteiger partial charge on any atom is 0.231 e. The van der Waals surface area contributed by atoms with Gasteiger partial charge in [-0.3, -0.25) is 43.9 Å². The molecule has 0 atom stereocenters. The van der Waals surface area contributed by atoms with Gasteiger partial charge in [-0.25, -0.2) is 14.4 Å². The Bertz CT molecular complexity index is 4670. The summed E-state index contributed by atoms with van der Waals surface area (Å²) in [5, 5.41) is 20.7. The predicted octanol–water partition coefficient (Wildman–Crippen LogP) is 16.3. The number of hydrogen-bond donors (Lipinski definition) is 4. The van der Waals surface area contributed by atoms with Crippen LogP contribution in [0.2, 0.25) is 0 Å². The van der Waals surface area contributed by atoms with Gasteiger partial charge in [0.25, 0.3) is 0 Å². The average Bonchev–Trinajstić information content (AvgIpc) is 1.77. The summed E-state index contributed by atoms with van der Waals surface area (Å²) >= 11 is 0. The van der Waals surface area contributed by atoms with Crippen molar-refractivity contribution in [3.05, 3.63) is 232 Å². The van der Waals surface area contributed by atoms with Gasteiger partial charge in [0, 0.05) is 106 Å². The molecule has 17 nitrogen and oxygen atoms in total. The minimum Gasteiger partial charge on any atom is -0.326 e. The summed E-state index contributed by atoms with van der Waals surface area (Å²) in [6, 6.07) is 42.9. The Labute approximate surface area is 576 Å². The van der Waals surface area contributed by atoms with Crippen molar-refractivity contribution in [3.8, 4) is 62.2 Å². The first-order valence-corrected chi connectivity index (χ1v) is 33.4. The minimum absolute atomic E-state index is 0.00300. The molecule has 5 amide bonds. The van der Waals surface area contributed by atoms with Crippen LogP contribution in [0.3, 0.4) is 0 Å². The summed E-state index contributed by atoms with van der Waals surface area (Å²) in [5.41, 5.74) is 23.3. The molecule has 0 bridgehead atoms. The zero-order valence-corrected chi connectivity index (χ0v) is 57.5. The van der Waals surface area contributed by atoms with E-state index in [-0.39, 0.29) is 47.2 Å². The highest BCUT2D eigenvalue weighted by Crippen LogP contribution is 2.39. The minimum atomic E-state index is -0.299. The molecule has 5 aliphatic heterocycles. The lowest BCUT2D eigenvalue weighted by Crippen LogP contribution is -2.20. The van der Waals surface area contributed by atoms with Gasteiger partial charge in [-0.05, 0) is 140 Å². The summed E-state index contributed by atoms with van der Waals surface area (Å²) in [6.45, 7) is 20.7. The molecule has 99 heavy (non-hydrogen) atoms. The molecule has 0 radical (unpaired) electrons. The molecule has 5 aliphatic rings. The van der Waals surface area contributed by atoms with Crippen LogP contribution in [0.4, 0.5) is 32.8 Å². The standard InChI is InChI=1S/C17H15N3O.C16H15FN2O.C16H17N3O.2C16H16N2O/c1-10(2)14-9-19-16(6-11(14)8-18)12-4-3-5-15-13(12)7-17(21)20-15;1-9(2)16-13(17)6-10(8-18-16)11-4-3-5-14-12(11)7-15(20)19-14;1-10(2)11-8-17-16(18-9-11)12-5-4-6-14-13(12)7-15(20)19(14)3;1-10(2)14-7-6-11(9-17-14)12-4-3-5-15-13(12)8-16(19)18-15;1-10(2)11-6-7-14(17-9-11)12-4-3-5-15-13(12)8-16(19)18-15/h3-6,9-10H,7H2,1-2H3,(H,20,21);3-6,8-9H,7H2,1-2H3,(H,19,20);4-6,8-10H,7H2,1-3H3;2*3-7,9-10H,8H2,1-2H3,(H,18,19). The predicted molar refractivity (Wildman–Crippen MR) is 388 cm³/mol. The Kier molecular flexibility index (Phi) is 20.8. The van der Waals surface area contributed by atoms with Crippen molar-refractivity contribution >= 4 is 58.0 Å². The van der Waals surface area contributed by atoms with Crippen molar-refractivity contribution in [2.45, 2.75) is 131 Å². The number of carbonyl (C=O) groups is 5. The summed E-state index contributed by atoms with van der Waals surface area (Å²) in [4.78, 5) is 86.2. The fourth-order valence-corrected chi connectivity index (χ4v) is 12.5. The maximum absolute atomic E-state index is 14.1. The fraction of sp³-hybridized carbons (Fsp3) is 0.259. The number of nitrogens with one attached hydrogen (secondary N) is 4. The van der Waals surface area contributed by atoms with E-state index in [9.17, 15) is 33.6 Å². The molecular formula is C81H79FN12O5. The second-order valence-electron chi connectivity index (χ2n) is 26.6. The SMILES string of the molecule is CC(C)c1ccc(-c2cccc3c2CC(=O)N3)cn1.CC(C)c1ccc(-c2cccc3c2CC(=O)N3)nc1.CC(C)c1cnc(-c2cccc3c2CC(=O)N3)cc1C#N.CC(C)c1cnc(-c2cccc3c2CC(=O)N3C)nc1.CC(C)c1ncc(-c2cccc3c2CC(=O)N3)cc1F. The maximum atomic E-state index is 14.1. The summed E-state index contributed by atoms with van der Waals surface area (Å²) in [7, 11) is 1.81. The van der Waals surface area contributed by atoms with E-state index >= 15 is 0 Å². The van der Waals surface area contributed by atoms with Gasteiger partial charge in [0.2, 0.25) is 29.5 Å². The molecule has 4 N–H and O–H groups in total. The zero-order valence-electron chi connectivity index (χ0n) is 57.5. The van der Waals surface area contributed by atoms with Crippen molar-refractivity contribution in [3.63, 3.8) is 0 Å². The van der Waals surface area contributed by atoms with Crippen molar-refractivity contribution in [2.24, 2.45) is 0 Å². The lowest BCUT2D eigenvalue weighted by Gasteiger charge is -2.11. The second kappa shape index (κ2) is 29.9. The number of amides is 5. The summed E-state index contributed by atoms with van der Waals surface area (Å²) in [5.74, 6) is 2.22. The van der Waals surface area contributed by atoms with E-state index in [2.05, 4.69) is 117 Å². The number of pyridine rings is 4. The molecule has 15 rings (SSSR count). The Morgan fingerprint density at radius 1 is 0.424 bits per heavy atom. The van der Waals surface area contributed by atoms with E-state index in [0.717, 1.165) is 118 Å². The number of fused-ring (bicyclic) bond motifs is 5. The molecule has 0 aliphatic carbocycles. The average molecular weight is 1320 g/mol. The molecule has 10 aromatic rings. The molecule has 0 saturated carbocycles. The number of likely N-dealkylation sites (N-methyl/N-ethyl adjacent to an activating group) is 1. The Morgan fingerprint density at radius 3 is 1.36 bits per heavy atom. The lowest BCUT2D eigenvalue weighted by atomic mass is 9.96. The van der Waals surface area contributed by atoms with E-state index < -0.39 is 0 Å². The summed E-state index contributed by atoms with van der Waals surface area (Å²) in [6.07, 6.45) is 13.0. The highest BCUT2D eigenvalue weighted by atomic mass is 19.1. The molecular weight excluding hydrogens is 1240 g/mol. The number of benzene rings is 5.